The van der Waals surface area contributed by atoms with Gasteiger partial charge in [-0.15, -0.1) is 0 Å². The van der Waals surface area contributed by atoms with Crippen LogP contribution >= 0.6 is 7.81 Å². The van der Waals surface area contributed by atoms with Crippen LogP contribution in [0.2, 0.25) is 0 Å². The number of hydrogen-bond donors (Lipinski definition) is 0. The maximum atomic E-state index is 9.87. The van der Waals surface area contributed by atoms with E-state index in [1.165, 1.54) is 19.3 Å². The van der Waals surface area contributed by atoms with Crippen LogP contribution in [0.25, 0.3) is 0 Å². The zero-order valence-corrected chi connectivity index (χ0v) is 17.2. The molecule has 0 N–H and O–H groups in total. The second kappa shape index (κ2) is 8.39. The van der Waals surface area contributed by atoms with Crippen LogP contribution < -0.4 is 0 Å². The molecule has 0 atom stereocenters. The third-order valence-corrected chi connectivity index (χ3v) is 9.53. The third kappa shape index (κ3) is 10.1. The van der Waals surface area contributed by atoms with Gasteiger partial charge in [0.05, 0.1) is 0 Å². The van der Waals surface area contributed by atoms with E-state index in [2.05, 4.69) is 0 Å². The van der Waals surface area contributed by atoms with Crippen molar-refractivity contribution in [2.45, 2.75) is 112 Å². The van der Waals surface area contributed by atoms with Gasteiger partial charge in [0.2, 0.25) is 0 Å². The summed E-state index contributed by atoms with van der Waals surface area (Å²) in [6.07, 6.45) is 23.4. The topological polar surface area (TPSA) is 0 Å². The van der Waals surface area contributed by atoms with Crippen molar-refractivity contribution in [2.24, 2.45) is 0 Å². The van der Waals surface area contributed by atoms with E-state index in [9.17, 15) is 25.2 Å². The molecular formula is C18H33F6PS. The van der Waals surface area contributed by atoms with E-state index in [-0.39, 0.29) is 0 Å². The predicted molar refractivity (Wildman–Crippen MR) is 102 cm³/mol. The number of halogens is 6. The van der Waals surface area contributed by atoms with Gasteiger partial charge in [-0.3, -0.25) is 0 Å². The molecule has 3 aliphatic carbocycles. The molecule has 0 aliphatic heterocycles. The van der Waals surface area contributed by atoms with Gasteiger partial charge in [0, 0.05) is 0 Å². The quantitative estimate of drug-likeness (QED) is 0.240. The molecule has 0 aromatic rings. The molecule has 0 aromatic carbocycles. The van der Waals surface area contributed by atoms with Crippen molar-refractivity contribution in [3.05, 3.63) is 0 Å². The van der Waals surface area contributed by atoms with Crippen LogP contribution in [0, 0.1) is 0 Å². The fraction of sp³-hybridized carbons (Fsp3) is 1.00. The average Bonchev–Trinajstić information content (AvgIpc) is 2.55. The summed E-state index contributed by atoms with van der Waals surface area (Å²) in [5.74, 6) is 0. The SMILES string of the molecule is C1CCC([S+](C2CCCCC2)C2CCCCC2)CC1.F[P-](F)(F)(F)(F)F. The van der Waals surface area contributed by atoms with E-state index < -0.39 is 7.81 Å². The van der Waals surface area contributed by atoms with Crippen molar-refractivity contribution in [1.29, 1.82) is 0 Å². The molecule has 0 nitrogen and oxygen atoms in total. The van der Waals surface area contributed by atoms with Gasteiger partial charge in [0.15, 0.2) is 0 Å². The van der Waals surface area contributed by atoms with E-state index >= 15 is 0 Å². The predicted octanol–water partition coefficient (Wildman–Crippen LogP) is 8.99. The van der Waals surface area contributed by atoms with Gasteiger partial charge in [0.1, 0.15) is 15.7 Å². The van der Waals surface area contributed by atoms with Crippen molar-refractivity contribution in [3.63, 3.8) is 0 Å². The molecule has 0 saturated heterocycles. The summed E-state index contributed by atoms with van der Waals surface area (Å²) in [5.41, 5.74) is 0. The maximum absolute atomic E-state index is 10.7. The Labute approximate surface area is 156 Å². The zero-order valence-electron chi connectivity index (χ0n) is 15.5. The summed E-state index contributed by atoms with van der Waals surface area (Å²) >= 11 is 0. The number of rotatable bonds is 3. The molecule has 0 bridgehead atoms. The number of hydrogen-bond acceptors (Lipinski definition) is 0. The molecule has 0 aromatic heterocycles. The monoisotopic (exact) mass is 426 g/mol. The Bertz CT molecular complexity index is 365. The molecule has 158 valence electrons. The van der Waals surface area contributed by atoms with Gasteiger partial charge in [0.25, 0.3) is 0 Å². The van der Waals surface area contributed by atoms with Crippen molar-refractivity contribution in [2.75, 3.05) is 0 Å². The third-order valence-electron chi connectivity index (χ3n) is 5.81. The molecule has 26 heavy (non-hydrogen) atoms. The van der Waals surface area contributed by atoms with Gasteiger partial charge in [-0.05, 0) is 87.9 Å². The first-order chi connectivity index (χ1) is 11.9. The van der Waals surface area contributed by atoms with Crippen LogP contribution in [-0.2, 0) is 10.9 Å². The van der Waals surface area contributed by atoms with Crippen LogP contribution in [0.4, 0.5) is 25.2 Å². The summed E-state index contributed by atoms with van der Waals surface area (Å²) in [7, 11) is -9.84. The molecule has 8 heteroatoms. The van der Waals surface area contributed by atoms with E-state index in [1.807, 2.05) is 0 Å². The molecule has 3 saturated carbocycles. The standard InChI is InChI=1S/C18H33S.F6P/c1-4-10-16(11-5-1)19(17-12-6-2-7-13-17)18-14-8-3-9-15-18;1-7(2,3,4,5)6/h16-18H,1-15H2;/q+1;-1. The molecule has 3 fully saturated rings. The second-order valence-electron chi connectivity index (χ2n) is 8.15. The first-order valence-electron chi connectivity index (χ1n) is 10.2. The van der Waals surface area contributed by atoms with Gasteiger partial charge in [-0.2, -0.15) is 0 Å². The molecule has 0 heterocycles. The molecule has 3 aliphatic rings. The average molecular weight is 426 g/mol. The summed E-state index contributed by atoms with van der Waals surface area (Å²) < 4.78 is 59.2. The fourth-order valence-corrected chi connectivity index (χ4v) is 9.09. The normalized spacial score (nSPS) is 27.3. The van der Waals surface area contributed by atoms with Crippen molar-refractivity contribution < 1.29 is 25.2 Å². The van der Waals surface area contributed by atoms with Gasteiger partial charge < -0.3 is 0 Å². The molecule has 0 spiro atoms. The Morgan fingerprint density at radius 3 is 0.808 bits per heavy atom. The van der Waals surface area contributed by atoms with Crippen LogP contribution in [0.15, 0.2) is 0 Å². The van der Waals surface area contributed by atoms with Crippen LogP contribution in [-0.4, -0.2) is 15.7 Å². The van der Waals surface area contributed by atoms with E-state index in [4.69, 9.17) is 0 Å². The fourth-order valence-electron chi connectivity index (χ4n) is 4.83. The van der Waals surface area contributed by atoms with Gasteiger partial charge in [-0.1, -0.05) is 19.3 Å². The molecule has 0 unspecified atom stereocenters. The van der Waals surface area contributed by atoms with E-state index in [0.29, 0.717) is 0 Å². The van der Waals surface area contributed by atoms with Gasteiger partial charge >= 0.3 is 33.0 Å². The van der Waals surface area contributed by atoms with Gasteiger partial charge in [-0.25, -0.2) is 0 Å². The first kappa shape index (κ1) is 22.6. The van der Waals surface area contributed by atoms with Crippen molar-refractivity contribution in [1.82, 2.24) is 0 Å². The Morgan fingerprint density at radius 1 is 0.423 bits per heavy atom. The van der Waals surface area contributed by atoms with Crippen molar-refractivity contribution >= 4 is 18.7 Å². The summed E-state index contributed by atoms with van der Waals surface area (Å²) in [6, 6.07) is 0. The Morgan fingerprint density at radius 2 is 0.615 bits per heavy atom. The Balaban J connectivity index is 0.000000298. The van der Waals surface area contributed by atoms with E-state index in [0.717, 1.165) is 26.6 Å². The summed E-state index contributed by atoms with van der Waals surface area (Å²) in [6.45, 7) is 0. The second-order valence-corrected chi connectivity index (χ2v) is 12.9. The molecule has 3 rings (SSSR count). The van der Waals surface area contributed by atoms with E-state index in [1.54, 1.807) is 77.0 Å². The molecular weight excluding hydrogens is 393 g/mol. The zero-order chi connectivity index (χ0) is 19.3. The Hall–Kier alpha value is 0.360. The molecule has 0 amide bonds. The minimum atomic E-state index is -10.7. The van der Waals surface area contributed by atoms with Crippen LogP contribution in [0.3, 0.4) is 0 Å². The van der Waals surface area contributed by atoms with Crippen molar-refractivity contribution in [3.8, 4) is 0 Å². The minimum absolute atomic E-state index is 0.816. The Kier molecular flexibility index (Phi) is 7.31. The van der Waals surface area contributed by atoms with Crippen LogP contribution in [0.1, 0.15) is 96.3 Å². The summed E-state index contributed by atoms with van der Waals surface area (Å²) in [5, 5.41) is 3.46. The first-order valence-corrected chi connectivity index (χ1v) is 13.6. The summed E-state index contributed by atoms with van der Waals surface area (Å²) in [4.78, 5) is 0. The molecule has 0 radical (unpaired) electrons. The van der Waals surface area contributed by atoms with Crippen LogP contribution in [0.5, 0.6) is 0 Å².